The van der Waals surface area contributed by atoms with Crippen molar-refractivity contribution in [3.8, 4) is 0 Å². The first-order chi connectivity index (χ1) is 9.85. The number of fused-ring (bicyclic) bond motifs is 1. The maximum absolute atomic E-state index is 6.01. The minimum Gasteiger partial charge on any atom is -0.330 e. The molecule has 0 amide bonds. The molecular weight excluding hydrogens is 246 g/mol. The average Bonchev–Trinajstić information content (AvgIpc) is 2.86. The van der Waals surface area contributed by atoms with Crippen LogP contribution in [0.3, 0.4) is 0 Å². The Morgan fingerprint density at radius 2 is 2.05 bits per heavy atom. The van der Waals surface area contributed by atoms with Gasteiger partial charge in [0.1, 0.15) is 5.82 Å². The first-order valence-electron chi connectivity index (χ1n) is 8.00. The molecule has 1 aromatic heterocycles. The zero-order chi connectivity index (χ0) is 13.9. The molecule has 1 aliphatic rings. The van der Waals surface area contributed by atoms with Crippen LogP contribution in [0.15, 0.2) is 24.3 Å². The third-order valence-corrected chi connectivity index (χ3v) is 4.67. The summed E-state index contributed by atoms with van der Waals surface area (Å²) in [6, 6.07) is 8.52. The van der Waals surface area contributed by atoms with E-state index in [0.717, 1.165) is 25.0 Å². The van der Waals surface area contributed by atoms with Crippen LogP contribution < -0.4 is 5.73 Å². The van der Waals surface area contributed by atoms with Gasteiger partial charge in [-0.3, -0.25) is 0 Å². The number of rotatable bonds is 4. The van der Waals surface area contributed by atoms with Crippen molar-refractivity contribution in [3.63, 3.8) is 0 Å². The molecule has 1 aliphatic carbocycles. The summed E-state index contributed by atoms with van der Waals surface area (Å²) in [7, 11) is 0. The summed E-state index contributed by atoms with van der Waals surface area (Å²) in [6.45, 7) is 4.09. The largest absolute Gasteiger partial charge is 0.330 e. The van der Waals surface area contributed by atoms with Gasteiger partial charge in [0.15, 0.2) is 0 Å². The molecule has 108 valence electrons. The van der Waals surface area contributed by atoms with Gasteiger partial charge in [-0.25, -0.2) is 4.98 Å². The molecule has 2 unspecified atom stereocenters. The second-order valence-electron chi connectivity index (χ2n) is 6.00. The topological polar surface area (TPSA) is 43.8 Å². The lowest BCUT2D eigenvalue weighted by molar-refractivity contribution is 0.298. The van der Waals surface area contributed by atoms with Crippen LogP contribution in [0.1, 0.15) is 50.8 Å². The first kappa shape index (κ1) is 13.6. The Kier molecular flexibility index (Phi) is 4.06. The van der Waals surface area contributed by atoms with Gasteiger partial charge in [0.2, 0.25) is 0 Å². The van der Waals surface area contributed by atoms with Crippen molar-refractivity contribution in [2.24, 2.45) is 11.7 Å². The van der Waals surface area contributed by atoms with Crippen molar-refractivity contribution in [1.82, 2.24) is 9.55 Å². The van der Waals surface area contributed by atoms with Crippen molar-refractivity contribution < 1.29 is 0 Å². The number of hydrogen-bond donors (Lipinski definition) is 1. The van der Waals surface area contributed by atoms with Gasteiger partial charge in [0.25, 0.3) is 0 Å². The summed E-state index contributed by atoms with van der Waals surface area (Å²) in [5.41, 5.74) is 8.43. The molecule has 3 rings (SSSR count). The van der Waals surface area contributed by atoms with Gasteiger partial charge >= 0.3 is 0 Å². The fraction of sp³-hybridized carbons (Fsp3) is 0.588. The van der Waals surface area contributed by atoms with Crippen molar-refractivity contribution in [1.29, 1.82) is 0 Å². The van der Waals surface area contributed by atoms with Gasteiger partial charge in [0, 0.05) is 12.5 Å². The molecule has 1 saturated carbocycles. The van der Waals surface area contributed by atoms with E-state index in [1.54, 1.807) is 0 Å². The Labute approximate surface area is 121 Å². The number of aromatic nitrogens is 2. The van der Waals surface area contributed by atoms with Crippen LogP contribution in [0, 0.1) is 5.92 Å². The standard InChI is InChI=1S/C17H25N3/c1-2-11-20-16-10-6-5-9-15(16)19-17(20)14-8-4-3-7-13(14)12-18/h5-6,9-10,13-14H,2-4,7-8,11-12,18H2,1H3. The van der Waals surface area contributed by atoms with Gasteiger partial charge in [-0.1, -0.05) is 31.9 Å². The first-order valence-corrected chi connectivity index (χ1v) is 8.00. The van der Waals surface area contributed by atoms with Gasteiger partial charge < -0.3 is 10.3 Å². The summed E-state index contributed by atoms with van der Waals surface area (Å²) >= 11 is 0. The highest BCUT2D eigenvalue weighted by Gasteiger charge is 2.29. The summed E-state index contributed by atoms with van der Waals surface area (Å²) in [5, 5.41) is 0. The Balaban J connectivity index is 2.06. The fourth-order valence-corrected chi connectivity index (χ4v) is 3.67. The van der Waals surface area contributed by atoms with Gasteiger partial charge in [-0.2, -0.15) is 0 Å². The van der Waals surface area contributed by atoms with E-state index in [1.165, 1.54) is 37.0 Å². The molecule has 0 aliphatic heterocycles. The molecule has 3 heteroatoms. The van der Waals surface area contributed by atoms with Crippen LogP contribution in [0.5, 0.6) is 0 Å². The van der Waals surface area contributed by atoms with Crippen molar-refractivity contribution in [2.45, 2.75) is 51.5 Å². The number of imidazole rings is 1. The molecule has 0 saturated heterocycles. The third kappa shape index (κ3) is 2.35. The highest BCUT2D eigenvalue weighted by atomic mass is 15.1. The quantitative estimate of drug-likeness (QED) is 0.922. The van der Waals surface area contributed by atoms with Gasteiger partial charge in [0.05, 0.1) is 11.0 Å². The van der Waals surface area contributed by atoms with Crippen LogP contribution in [0.2, 0.25) is 0 Å². The van der Waals surface area contributed by atoms with E-state index in [1.807, 2.05) is 0 Å². The zero-order valence-electron chi connectivity index (χ0n) is 12.4. The van der Waals surface area contributed by atoms with Crippen LogP contribution in [-0.2, 0) is 6.54 Å². The Morgan fingerprint density at radius 1 is 1.25 bits per heavy atom. The third-order valence-electron chi connectivity index (χ3n) is 4.67. The normalized spacial score (nSPS) is 23.3. The molecule has 0 radical (unpaired) electrons. The highest BCUT2D eigenvalue weighted by molar-refractivity contribution is 5.76. The van der Waals surface area contributed by atoms with Gasteiger partial charge in [-0.05, 0) is 43.9 Å². The van der Waals surface area contributed by atoms with Crippen molar-refractivity contribution >= 4 is 11.0 Å². The monoisotopic (exact) mass is 271 g/mol. The van der Waals surface area contributed by atoms with Crippen LogP contribution >= 0.6 is 0 Å². The number of nitrogens with two attached hydrogens (primary N) is 1. The summed E-state index contributed by atoms with van der Waals surface area (Å²) < 4.78 is 2.44. The van der Waals surface area contributed by atoms with Crippen LogP contribution in [-0.4, -0.2) is 16.1 Å². The zero-order valence-corrected chi connectivity index (χ0v) is 12.4. The predicted molar refractivity (Wildman–Crippen MR) is 83.8 cm³/mol. The Bertz CT molecular complexity index is 573. The van der Waals surface area contributed by atoms with E-state index in [4.69, 9.17) is 10.7 Å². The number of aryl methyl sites for hydroxylation is 1. The maximum Gasteiger partial charge on any atom is 0.113 e. The highest BCUT2D eigenvalue weighted by Crippen LogP contribution is 2.38. The molecule has 1 fully saturated rings. The predicted octanol–water partition coefficient (Wildman–Crippen LogP) is 3.68. The Hall–Kier alpha value is -1.35. The second-order valence-corrected chi connectivity index (χ2v) is 6.00. The van der Waals surface area contributed by atoms with Gasteiger partial charge in [-0.15, -0.1) is 0 Å². The minimum absolute atomic E-state index is 0.549. The van der Waals surface area contributed by atoms with E-state index in [-0.39, 0.29) is 0 Å². The van der Waals surface area contributed by atoms with E-state index in [9.17, 15) is 0 Å². The second kappa shape index (κ2) is 5.96. The SMILES string of the molecule is CCCn1c(C2CCCCC2CN)nc2ccccc21. The number of hydrogen-bond acceptors (Lipinski definition) is 2. The molecule has 1 aromatic carbocycles. The Morgan fingerprint density at radius 3 is 2.85 bits per heavy atom. The lowest BCUT2D eigenvalue weighted by atomic mass is 9.78. The molecule has 0 spiro atoms. The lowest BCUT2D eigenvalue weighted by Gasteiger charge is -2.30. The van der Waals surface area contributed by atoms with Crippen LogP contribution in [0.25, 0.3) is 11.0 Å². The molecule has 2 atom stereocenters. The summed E-state index contributed by atoms with van der Waals surface area (Å²) in [4.78, 5) is 4.96. The molecular formula is C17H25N3. The molecule has 3 nitrogen and oxygen atoms in total. The maximum atomic E-state index is 6.01. The number of nitrogens with zero attached hydrogens (tertiary/aromatic N) is 2. The molecule has 2 aromatic rings. The van der Waals surface area contributed by atoms with Crippen molar-refractivity contribution in [2.75, 3.05) is 6.54 Å². The number of para-hydroxylation sites is 2. The fourth-order valence-electron chi connectivity index (χ4n) is 3.67. The summed E-state index contributed by atoms with van der Waals surface area (Å²) in [6.07, 6.45) is 6.29. The molecule has 1 heterocycles. The van der Waals surface area contributed by atoms with Crippen LogP contribution in [0.4, 0.5) is 0 Å². The molecule has 20 heavy (non-hydrogen) atoms. The minimum atomic E-state index is 0.549. The van der Waals surface area contributed by atoms with E-state index >= 15 is 0 Å². The smallest absolute Gasteiger partial charge is 0.113 e. The summed E-state index contributed by atoms with van der Waals surface area (Å²) in [5.74, 6) is 2.44. The molecule has 0 bridgehead atoms. The van der Waals surface area contributed by atoms with Crippen molar-refractivity contribution in [3.05, 3.63) is 30.1 Å². The van der Waals surface area contributed by atoms with E-state index in [0.29, 0.717) is 11.8 Å². The molecule has 2 N–H and O–H groups in total. The van der Waals surface area contributed by atoms with E-state index < -0.39 is 0 Å². The lowest BCUT2D eigenvalue weighted by Crippen LogP contribution is -2.27. The van der Waals surface area contributed by atoms with E-state index in [2.05, 4.69) is 35.8 Å². The number of benzene rings is 1. The average molecular weight is 271 g/mol.